The fourth-order valence-electron chi connectivity index (χ4n) is 4.96. The highest BCUT2D eigenvalue weighted by atomic mass is 16.5. The Balaban J connectivity index is 1.66. The summed E-state index contributed by atoms with van der Waals surface area (Å²) in [5, 5.41) is 15.2. The highest BCUT2D eigenvalue weighted by Crippen LogP contribution is 2.43. The van der Waals surface area contributed by atoms with Gasteiger partial charge in [0.05, 0.1) is 35.3 Å². The normalized spacial score (nSPS) is 16.6. The molecule has 174 valence electrons. The second-order valence-electron chi connectivity index (χ2n) is 10.0. The van der Waals surface area contributed by atoms with Crippen LogP contribution in [0, 0.1) is 22.7 Å². The van der Waals surface area contributed by atoms with Crippen molar-refractivity contribution in [3.8, 4) is 17.3 Å². The summed E-state index contributed by atoms with van der Waals surface area (Å²) in [6.45, 7) is 7.73. The van der Waals surface area contributed by atoms with E-state index in [-0.39, 0.29) is 18.2 Å². The maximum Gasteiger partial charge on any atom is 0.312 e. The third-order valence-electron chi connectivity index (χ3n) is 6.93. The molecule has 1 aliphatic rings. The summed E-state index contributed by atoms with van der Waals surface area (Å²) in [7, 11) is 0. The minimum absolute atomic E-state index is 0.0954. The molecule has 0 N–H and O–H groups in total. The fraction of sp³-hybridized carbons (Fsp3) is 0.560. The monoisotopic (exact) mass is 448 g/mol. The first-order valence-electron chi connectivity index (χ1n) is 11.7. The lowest BCUT2D eigenvalue weighted by Crippen LogP contribution is -2.40. The molecule has 3 aromatic rings. The summed E-state index contributed by atoms with van der Waals surface area (Å²) in [4.78, 5) is 21.1. The number of hydrogen-bond acceptors (Lipinski definition) is 6. The molecule has 33 heavy (non-hydrogen) atoms. The Morgan fingerprint density at radius 1 is 1.27 bits per heavy atom. The molecule has 4 rings (SSSR count). The van der Waals surface area contributed by atoms with E-state index in [1.54, 1.807) is 4.57 Å². The Morgan fingerprint density at radius 2 is 2.03 bits per heavy atom. The van der Waals surface area contributed by atoms with Crippen molar-refractivity contribution in [2.75, 3.05) is 0 Å². The molecule has 1 aliphatic carbocycles. The van der Waals surface area contributed by atoms with E-state index in [0.717, 1.165) is 35.9 Å². The van der Waals surface area contributed by atoms with Gasteiger partial charge in [-0.2, -0.15) is 10.4 Å². The first-order chi connectivity index (χ1) is 15.8. The summed E-state index contributed by atoms with van der Waals surface area (Å²) in [6.07, 6.45) is 13.2. The Bertz CT molecular complexity index is 1180. The van der Waals surface area contributed by atoms with Crippen LogP contribution in [0.3, 0.4) is 0 Å². The summed E-state index contributed by atoms with van der Waals surface area (Å²) in [5.41, 5.74) is 1.51. The molecule has 8 nitrogen and oxygen atoms in total. The molecule has 0 aliphatic heterocycles. The quantitative estimate of drug-likeness (QED) is 0.469. The van der Waals surface area contributed by atoms with Gasteiger partial charge in [0, 0.05) is 23.3 Å². The molecular weight excluding hydrogens is 416 g/mol. The zero-order chi connectivity index (χ0) is 23.6. The van der Waals surface area contributed by atoms with Gasteiger partial charge in [0.25, 0.3) is 0 Å². The van der Waals surface area contributed by atoms with Crippen LogP contribution in [-0.4, -0.2) is 30.3 Å². The molecule has 1 fully saturated rings. The van der Waals surface area contributed by atoms with Crippen molar-refractivity contribution in [3.05, 3.63) is 31.0 Å². The third kappa shape index (κ3) is 4.24. The van der Waals surface area contributed by atoms with Crippen molar-refractivity contribution in [1.82, 2.24) is 24.3 Å². The highest BCUT2D eigenvalue weighted by molar-refractivity contribution is 5.90. The minimum Gasteiger partial charge on any atom is -0.443 e. The first kappa shape index (κ1) is 23.0. The summed E-state index contributed by atoms with van der Waals surface area (Å²) < 4.78 is 9.28. The molecule has 1 saturated carbocycles. The Morgan fingerprint density at radius 3 is 2.70 bits per heavy atom. The molecule has 1 atom stereocenters. The molecule has 0 saturated heterocycles. The Labute approximate surface area is 194 Å². The topological polar surface area (TPSA) is 98.6 Å². The van der Waals surface area contributed by atoms with Gasteiger partial charge >= 0.3 is 5.97 Å². The molecule has 3 heterocycles. The van der Waals surface area contributed by atoms with E-state index >= 15 is 0 Å². The number of carbonyl (C=O) groups is 1. The lowest BCUT2D eigenvalue weighted by Gasteiger charge is -2.37. The standard InChI is InChI=1S/C25H32N6O2/c1-5-25(11-12-26,19-8-6-7-9-19)31-15-18(14-29-31)21-20-10-13-30(22(20)28-16-27-21)17-33-23(32)24(2,3)4/h10,13-16,19H,5-9,11,17H2,1-4H3. The smallest absolute Gasteiger partial charge is 0.312 e. The lowest BCUT2D eigenvalue weighted by atomic mass is 9.78. The number of ether oxygens (including phenoxy) is 1. The number of aromatic nitrogens is 5. The molecule has 0 aromatic carbocycles. The average molecular weight is 449 g/mol. The number of esters is 1. The van der Waals surface area contributed by atoms with E-state index in [4.69, 9.17) is 9.84 Å². The van der Waals surface area contributed by atoms with Crippen LogP contribution >= 0.6 is 0 Å². The number of hydrogen-bond donors (Lipinski definition) is 0. The Hall–Kier alpha value is -3.21. The average Bonchev–Trinajstić information content (AvgIpc) is 3.56. The van der Waals surface area contributed by atoms with Crippen LogP contribution in [0.5, 0.6) is 0 Å². The van der Waals surface area contributed by atoms with Crippen LogP contribution < -0.4 is 0 Å². The minimum atomic E-state index is -0.563. The van der Waals surface area contributed by atoms with E-state index in [1.165, 1.54) is 19.2 Å². The van der Waals surface area contributed by atoms with Crippen molar-refractivity contribution in [1.29, 1.82) is 5.26 Å². The second kappa shape index (κ2) is 8.97. The molecule has 0 bridgehead atoms. The van der Waals surface area contributed by atoms with Crippen LogP contribution in [-0.2, 0) is 21.8 Å². The van der Waals surface area contributed by atoms with Crippen LogP contribution in [0.15, 0.2) is 31.0 Å². The third-order valence-corrected chi connectivity index (χ3v) is 6.93. The molecule has 0 radical (unpaired) electrons. The van der Waals surface area contributed by atoms with Gasteiger partial charge in [-0.25, -0.2) is 9.97 Å². The number of rotatable bonds is 7. The SMILES string of the molecule is CCC(CC#N)(C1CCCC1)n1cc(-c2ncnc3c2ccn3COC(=O)C(C)(C)C)cn1. The van der Waals surface area contributed by atoms with E-state index in [2.05, 4.69) is 23.0 Å². The number of nitrogens with zero attached hydrogens (tertiary/aromatic N) is 6. The van der Waals surface area contributed by atoms with Crippen molar-refractivity contribution in [3.63, 3.8) is 0 Å². The summed E-state index contributed by atoms with van der Waals surface area (Å²) >= 11 is 0. The van der Waals surface area contributed by atoms with Crippen LogP contribution in [0.25, 0.3) is 22.3 Å². The maximum atomic E-state index is 12.2. The highest BCUT2D eigenvalue weighted by Gasteiger charge is 2.41. The van der Waals surface area contributed by atoms with Gasteiger partial charge in [-0.05, 0) is 52.0 Å². The molecule has 1 unspecified atom stereocenters. The predicted octanol–water partition coefficient (Wildman–Crippen LogP) is 5.05. The van der Waals surface area contributed by atoms with Crippen molar-refractivity contribution < 1.29 is 9.53 Å². The van der Waals surface area contributed by atoms with E-state index in [0.29, 0.717) is 18.0 Å². The summed E-state index contributed by atoms with van der Waals surface area (Å²) in [5.74, 6) is 0.194. The molecule has 8 heteroatoms. The van der Waals surface area contributed by atoms with Gasteiger partial charge in [0.15, 0.2) is 6.73 Å². The second-order valence-corrected chi connectivity index (χ2v) is 10.0. The molecule has 0 spiro atoms. The van der Waals surface area contributed by atoms with E-state index in [1.807, 2.05) is 50.1 Å². The van der Waals surface area contributed by atoms with Crippen LogP contribution in [0.1, 0.15) is 66.2 Å². The van der Waals surface area contributed by atoms with Gasteiger partial charge < -0.3 is 4.74 Å². The van der Waals surface area contributed by atoms with Gasteiger partial charge in [0.1, 0.15) is 12.0 Å². The van der Waals surface area contributed by atoms with Gasteiger partial charge in [-0.1, -0.05) is 19.8 Å². The Kier molecular flexibility index (Phi) is 6.24. The van der Waals surface area contributed by atoms with Crippen molar-refractivity contribution in [2.24, 2.45) is 11.3 Å². The van der Waals surface area contributed by atoms with Gasteiger partial charge in [-0.15, -0.1) is 0 Å². The van der Waals surface area contributed by atoms with Crippen LogP contribution in [0.4, 0.5) is 0 Å². The van der Waals surface area contributed by atoms with Gasteiger partial charge in [0.2, 0.25) is 0 Å². The predicted molar refractivity (Wildman–Crippen MR) is 125 cm³/mol. The number of fused-ring (bicyclic) bond motifs is 1. The largest absolute Gasteiger partial charge is 0.443 e. The maximum absolute atomic E-state index is 12.2. The summed E-state index contributed by atoms with van der Waals surface area (Å²) in [6, 6.07) is 4.36. The van der Waals surface area contributed by atoms with Gasteiger partial charge in [-0.3, -0.25) is 14.0 Å². The zero-order valence-electron chi connectivity index (χ0n) is 19.9. The molecular formula is C25H32N6O2. The molecule has 3 aromatic heterocycles. The fourth-order valence-corrected chi connectivity index (χ4v) is 4.96. The number of nitriles is 1. The first-order valence-corrected chi connectivity index (χ1v) is 11.7. The zero-order valence-corrected chi connectivity index (χ0v) is 19.9. The molecule has 0 amide bonds. The lowest BCUT2D eigenvalue weighted by molar-refractivity contribution is -0.156. The van der Waals surface area contributed by atoms with E-state index in [9.17, 15) is 10.1 Å². The van der Waals surface area contributed by atoms with E-state index < -0.39 is 5.41 Å². The van der Waals surface area contributed by atoms with Crippen LogP contribution in [0.2, 0.25) is 0 Å². The van der Waals surface area contributed by atoms with Crippen molar-refractivity contribution in [2.45, 2.75) is 78.5 Å². The number of carbonyl (C=O) groups excluding carboxylic acids is 1. The van der Waals surface area contributed by atoms with Crippen molar-refractivity contribution >= 4 is 17.0 Å².